The van der Waals surface area contributed by atoms with Gasteiger partial charge in [0.1, 0.15) is 5.60 Å². The summed E-state index contributed by atoms with van der Waals surface area (Å²) >= 11 is 1.58. The lowest BCUT2D eigenvalue weighted by Crippen LogP contribution is -2.39. The number of carbonyl (C=O) groups excluding carboxylic acids is 1. The highest BCUT2D eigenvalue weighted by atomic mass is 32.1. The quantitative estimate of drug-likeness (QED) is 0.854. The first-order valence-corrected chi connectivity index (χ1v) is 7.19. The van der Waals surface area contributed by atoms with Gasteiger partial charge < -0.3 is 10.0 Å². The molecule has 2 rings (SSSR count). The molecule has 2 heterocycles. The van der Waals surface area contributed by atoms with Crippen LogP contribution in [0.1, 0.15) is 50.2 Å². The maximum absolute atomic E-state index is 11.0. The number of piperidine rings is 1. The van der Waals surface area contributed by atoms with Gasteiger partial charge in [-0.1, -0.05) is 0 Å². The molecule has 2 atom stereocenters. The molecule has 1 N–H and O–H groups in total. The van der Waals surface area contributed by atoms with Gasteiger partial charge in [0.15, 0.2) is 0 Å². The van der Waals surface area contributed by atoms with Gasteiger partial charge in [-0.15, -0.1) is 11.3 Å². The van der Waals surface area contributed by atoms with Crippen molar-refractivity contribution in [2.45, 2.75) is 51.2 Å². The maximum Gasteiger partial charge on any atom is 0.209 e. The van der Waals surface area contributed by atoms with Crippen LogP contribution in [0.15, 0.2) is 5.38 Å². The van der Waals surface area contributed by atoms with E-state index in [9.17, 15) is 9.90 Å². The number of likely N-dealkylation sites (tertiary alicyclic amines) is 1. The predicted octanol–water partition coefficient (Wildman–Crippen LogP) is 2.09. The number of aromatic nitrogens is 1. The number of hydrogen-bond acceptors (Lipinski definition) is 4. The minimum atomic E-state index is -0.888. The minimum absolute atomic E-state index is 0.312. The molecule has 1 aromatic heterocycles. The van der Waals surface area contributed by atoms with Crippen LogP contribution in [-0.4, -0.2) is 34.0 Å². The summed E-state index contributed by atoms with van der Waals surface area (Å²) < 4.78 is 0. The van der Waals surface area contributed by atoms with E-state index in [1.807, 2.05) is 10.3 Å². The zero-order valence-electron chi connectivity index (χ0n) is 11.1. The Morgan fingerprint density at radius 2 is 2.28 bits per heavy atom. The number of nitrogens with zero attached hydrogens (tertiary/aromatic N) is 2. The summed E-state index contributed by atoms with van der Waals surface area (Å²) in [6, 6.07) is 0.326. The zero-order valence-corrected chi connectivity index (χ0v) is 11.9. The summed E-state index contributed by atoms with van der Waals surface area (Å²) in [6.45, 7) is 6.30. The van der Waals surface area contributed by atoms with Crippen molar-refractivity contribution in [3.05, 3.63) is 16.1 Å². The fourth-order valence-corrected chi connectivity index (χ4v) is 3.35. The van der Waals surface area contributed by atoms with E-state index in [0.717, 1.165) is 36.5 Å². The van der Waals surface area contributed by atoms with Gasteiger partial charge in [0.2, 0.25) is 6.41 Å². The third-order valence-electron chi connectivity index (χ3n) is 3.56. The van der Waals surface area contributed by atoms with Crippen LogP contribution in [0.3, 0.4) is 0 Å². The van der Waals surface area contributed by atoms with Crippen LogP contribution in [0.2, 0.25) is 0 Å². The van der Waals surface area contributed by atoms with E-state index in [4.69, 9.17) is 0 Å². The SMILES string of the molecule is C[C@@H]1CC[C@@H](c2nc(C(C)(C)O)cs2)CN1C=O. The lowest BCUT2D eigenvalue weighted by Gasteiger charge is -2.34. The Hall–Kier alpha value is -0.940. The molecule has 1 aromatic rings. The topological polar surface area (TPSA) is 53.4 Å². The summed E-state index contributed by atoms with van der Waals surface area (Å²) in [5.41, 5.74) is -0.167. The van der Waals surface area contributed by atoms with E-state index in [1.165, 1.54) is 0 Å². The van der Waals surface area contributed by atoms with Crippen molar-refractivity contribution >= 4 is 17.7 Å². The van der Waals surface area contributed by atoms with Crippen molar-refractivity contribution in [1.82, 2.24) is 9.88 Å². The normalized spacial score (nSPS) is 25.2. The average molecular weight is 268 g/mol. The van der Waals surface area contributed by atoms with E-state index in [0.29, 0.717) is 12.0 Å². The van der Waals surface area contributed by atoms with Gasteiger partial charge in [-0.2, -0.15) is 0 Å². The monoisotopic (exact) mass is 268 g/mol. The number of amides is 1. The summed E-state index contributed by atoms with van der Waals surface area (Å²) in [5, 5.41) is 12.9. The molecule has 100 valence electrons. The molecule has 0 aliphatic carbocycles. The van der Waals surface area contributed by atoms with Gasteiger partial charge >= 0.3 is 0 Å². The molecular formula is C13H20N2O2S. The number of hydrogen-bond donors (Lipinski definition) is 1. The molecule has 1 aliphatic heterocycles. The van der Waals surface area contributed by atoms with E-state index >= 15 is 0 Å². The highest BCUT2D eigenvalue weighted by Gasteiger charge is 2.28. The molecule has 1 aliphatic rings. The van der Waals surface area contributed by atoms with E-state index in [1.54, 1.807) is 25.2 Å². The van der Waals surface area contributed by atoms with Crippen molar-refractivity contribution in [2.75, 3.05) is 6.54 Å². The second kappa shape index (κ2) is 4.97. The van der Waals surface area contributed by atoms with Crippen molar-refractivity contribution in [3.63, 3.8) is 0 Å². The molecule has 0 spiro atoms. The van der Waals surface area contributed by atoms with Gasteiger partial charge in [-0.25, -0.2) is 4.98 Å². The first-order chi connectivity index (χ1) is 8.41. The Morgan fingerprint density at radius 3 is 2.83 bits per heavy atom. The maximum atomic E-state index is 11.0. The van der Waals surface area contributed by atoms with Gasteiger partial charge in [-0.05, 0) is 33.6 Å². The highest BCUT2D eigenvalue weighted by Crippen LogP contribution is 2.33. The van der Waals surface area contributed by atoms with E-state index in [-0.39, 0.29) is 0 Å². The van der Waals surface area contributed by atoms with Crippen LogP contribution in [0.25, 0.3) is 0 Å². The molecule has 1 amide bonds. The molecule has 0 saturated carbocycles. The van der Waals surface area contributed by atoms with Gasteiger partial charge in [0, 0.05) is 23.9 Å². The second-order valence-electron chi connectivity index (χ2n) is 5.56. The number of aliphatic hydroxyl groups is 1. The summed E-state index contributed by atoms with van der Waals surface area (Å²) in [4.78, 5) is 17.4. The molecule has 0 unspecified atom stereocenters. The lowest BCUT2D eigenvalue weighted by molar-refractivity contribution is -0.121. The summed E-state index contributed by atoms with van der Waals surface area (Å²) in [5.74, 6) is 0.312. The molecule has 0 radical (unpaired) electrons. The second-order valence-corrected chi connectivity index (χ2v) is 6.45. The largest absolute Gasteiger partial charge is 0.384 e. The third kappa shape index (κ3) is 2.72. The Morgan fingerprint density at radius 1 is 1.56 bits per heavy atom. The molecule has 0 bridgehead atoms. The van der Waals surface area contributed by atoms with Crippen molar-refractivity contribution in [1.29, 1.82) is 0 Å². The van der Waals surface area contributed by atoms with Crippen molar-refractivity contribution in [3.8, 4) is 0 Å². The number of thiazole rings is 1. The third-order valence-corrected chi connectivity index (χ3v) is 4.57. The fourth-order valence-electron chi connectivity index (χ4n) is 2.24. The van der Waals surface area contributed by atoms with Crippen LogP contribution in [0.5, 0.6) is 0 Å². The van der Waals surface area contributed by atoms with Crippen molar-refractivity contribution < 1.29 is 9.90 Å². The predicted molar refractivity (Wildman–Crippen MR) is 71.6 cm³/mol. The van der Waals surface area contributed by atoms with E-state index < -0.39 is 5.60 Å². The van der Waals surface area contributed by atoms with Gasteiger partial charge in [0.25, 0.3) is 0 Å². The van der Waals surface area contributed by atoms with Crippen LogP contribution in [0.4, 0.5) is 0 Å². The Kier molecular flexibility index (Phi) is 3.73. The Labute approximate surface area is 112 Å². The Bertz CT molecular complexity index is 425. The molecule has 0 aromatic carbocycles. The summed E-state index contributed by atoms with van der Waals surface area (Å²) in [6.07, 6.45) is 3.01. The van der Waals surface area contributed by atoms with Gasteiger partial charge in [-0.3, -0.25) is 4.79 Å². The van der Waals surface area contributed by atoms with Crippen LogP contribution < -0.4 is 0 Å². The molecule has 4 nitrogen and oxygen atoms in total. The zero-order chi connectivity index (χ0) is 13.3. The number of carbonyl (C=O) groups is 1. The molecule has 5 heteroatoms. The summed E-state index contributed by atoms with van der Waals surface area (Å²) in [7, 11) is 0. The fraction of sp³-hybridized carbons (Fsp3) is 0.692. The molecule has 18 heavy (non-hydrogen) atoms. The minimum Gasteiger partial charge on any atom is -0.384 e. The van der Waals surface area contributed by atoms with Gasteiger partial charge in [0.05, 0.1) is 10.7 Å². The molecular weight excluding hydrogens is 248 g/mol. The highest BCUT2D eigenvalue weighted by molar-refractivity contribution is 7.09. The van der Waals surface area contributed by atoms with E-state index in [2.05, 4.69) is 11.9 Å². The number of rotatable bonds is 3. The van der Waals surface area contributed by atoms with Crippen molar-refractivity contribution in [2.24, 2.45) is 0 Å². The van der Waals surface area contributed by atoms with Crippen LogP contribution >= 0.6 is 11.3 Å². The Balaban J connectivity index is 2.13. The first kappa shape index (κ1) is 13.5. The smallest absolute Gasteiger partial charge is 0.209 e. The average Bonchev–Trinajstić information content (AvgIpc) is 2.78. The van der Waals surface area contributed by atoms with Crippen LogP contribution in [0, 0.1) is 0 Å². The molecule has 1 saturated heterocycles. The standard InChI is InChI=1S/C13H20N2O2S/c1-9-4-5-10(6-15(9)8-16)12-14-11(7-18-12)13(2,3)17/h7-10,17H,4-6H2,1-3H3/t9-,10-/m1/s1. The lowest BCUT2D eigenvalue weighted by atomic mass is 9.94. The van der Waals surface area contributed by atoms with Crippen LogP contribution in [-0.2, 0) is 10.4 Å². The first-order valence-electron chi connectivity index (χ1n) is 6.31. The molecule has 1 fully saturated rings.